The van der Waals surface area contributed by atoms with E-state index in [0.717, 1.165) is 18.7 Å². The molecule has 0 bridgehead atoms. The molecule has 1 aliphatic heterocycles. The van der Waals surface area contributed by atoms with Crippen molar-refractivity contribution < 1.29 is 4.79 Å². The molecule has 110 valence electrons. The SMILES string of the molecule is Cc1ccccc1CN/C=C(/C#N)C(=O)N1CCNCC1. The Bertz CT molecular complexity index is 568. The Hall–Kier alpha value is -2.32. The predicted octanol–water partition coefficient (Wildman–Crippen LogP) is 0.924. The molecule has 5 heteroatoms. The second-order valence-electron chi connectivity index (χ2n) is 5.02. The number of aryl methyl sites for hydroxylation is 1. The lowest BCUT2D eigenvalue weighted by atomic mass is 10.1. The van der Waals surface area contributed by atoms with Crippen molar-refractivity contribution in [3.63, 3.8) is 0 Å². The maximum absolute atomic E-state index is 12.2. The zero-order valence-electron chi connectivity index (χ0n) is 12.2. The van der Waals surface area contributed by atoms with Crippen LogP contribution in [0, 0.1) is 18.3 Å². The van der Waals surface area contributed by atoms with E-state index in [2.05, 4.69) is 10.6 Å². The molecule has 1 aromatic carbocycles. The van der Waals surface area contributed by atoms with Crippen molar-refractivity contribution in [1.82, 2.24) is 15.5 Å². The van der Waals surface area contributed by atoms with Crippen LogP contribution in [0.1, 0.15) is 11.1 Å². The molecule has 0 aliphatic carbocycles. The molecule has 0 unspecified atom stereocenters. The van der Waals surface area contributed by atoms with Gasteiger partial charge in [0.25, 0.3) is 5.91 Å². The quantitative estimate of drug-likeness (QED) is 0.637. The van der Waals surface area contributed by atoms with Crippen LogP contribution in [0.3, 0.4) is 0 Å². The van der Waals surface area contributed by atoms with Crippen molar-refractivity contribution >= 4 is 5.91 Å². The molecular weight excluding hydrogens is 264 g/mol. The summed E-state index contributed by atoms with van der Waals surface area (Å²) in [4.78, 5) is 13.9. The number of piperazine rings is 1. The van der Waals surface area contributed by atoms with Crippen molar-refractivity contribution in [2.45, 2.75) is 13.5 Å². The minimum Gasteiger partial charge on any atom is -0.386 e. The number of nitrogens with zero attached hydrogens (tertiary/aromatic N) is 2. The fraction of sp³-hybridized carbons (Fsp3) is 0.375. The lowest BCUT2D eigenvalue weighted by Gasteiger charge is -2.27. The van der Waals surface area contributed by atoms with Crippen LogP contribution >= 0.6 is 0 Å². The summed E-state index contributed by atoms with van der Waals surface area (Å²) >= 11 is 0. The number of carbonyl (C=O) groups is 1. The summed E-state index contributed by atoms with van der Waals surface area (Å²) in [6, 6.07) is 10.0. The predicted molar refractivity (Wildman–Crippen MR) is 81.2 cm³/mol. The number of carbonyl (C=O) groups excluding carboxylic acids is 1. The maximum atomic E-state index is 12.2. The van der Waals surface area contributed by atoms with Crippen LogP contribution in [0.15, 0.2) is 36.0 Å². The Balaban J connectivity index is 1.96. The third-order valence-electron chi connectivity index (χ3n) is 3.56. The summed E-state index contributed by atoms with van der Waals surface area (Å²) in [5, 5.41) is 15.4. The number of amides is 1. The summed E-state index contributed by atoms with van der Waals surface area (Å²) < 4.78 is 0. The van der Waals surface area contributed by atoms with Crippen LogP contribution in [0.4, 0.5) is 0 Å². The first-order valence-corrected chi connectivity index (χ1v) is 7.10. The van der Waals surface area contributed by atoms with Gasteiger partial charge < -0.3 is 15.5 Å². The Kier molecular flexibility index (Phi) is 5.35. The van der Waals surface area contributed by atoms with E-state index >= 15 is 0 Å². The van der Waals surface area contributed by atoms with E-state index in [9.17, 15) is 4.79 Å². The number of nitrogens with one attached hydrogen (secondary N) is 2. The van der Waals surface area contributed by atoms with Crippen LogP contribution in [0.25, 0.3) is 0 Å². The smallest absolute Gasteiger partial charge is 0.266 e. The summed E-state index contributed by atoms with van der Waals surface area (Å²) in [6.45, 7) is 5.50. The van der Waals surface area contributed by atoms with Crippen LogP contribution in [0.5, 0.6) is 0 Å². The topological polar surface area (TPSA) is 68.2 Å². The van der Waals surface area contributed by atoms with E-state index in [1.54, 1.807) is 4.90 Å². The van der Waals surface area contributed by atoms with Gasteiger partial charge in [0.05, 0.1) is 0 Å². The molecule has 1 saturated heterocycles. The van der Waals surface area contributed by atoms with Gasteiger partial charge in [-0.3, -0.25) is 4.79 Å². The van der Waals surface area contributed by atoms with E-state index in [4.69, 9.17) is 5.26 Å². The molecular formula is C16H20N4O. The molecule has 1 aromatic rings. The molecule has 0 radical (unpaired) electrons. The molecule has 1 heterocycles. The number of benzene rings is 1. The van der Waals surface area contributed by atoms with Gasteiger partial charge in [-0.1, -0.05) is 24.3 Å². The average molecular weight is 284 g/mol. The first kappa shape index (κ1) is 15.1. The molecule has 1 aliphatic rings. The van der Waals surface area contributed by atoms with Crippen LogP contribution in [-0.4, -0.2) is 37.0 Å². The van der Waals surface area contributed by atoms with Gasteiger partial charge in [0, 0.05) is 38.9 Å². The van der Waals surface area contributed by atoms with Gasteiger partial charge in [-0.05, 0) is 18.1 Å². The first-order chi connectivity index (χ1) is 10.2. The van der Waals surface area contributed by atoms with Crippen molar-refractivity contribution in [3.05, 3.63) is 47.2 Å². The van der Waals surface area contributed by atoms with Crippen LogP contribution in [0.2, 0.25) is 0 Å². The second-order valence-corrected chi connectivity index (χ2v) is 5.02. The van der Waals surface area contributed by atoms with E-state index in [1.165, 1.54) is 11.8 Å². The molecule has 1 fully saturated rings. The Labute approximate surface area is 125 Å². The van der Waals surface area contributed by atoms with Gasteiger partial charge in [0.2, 0.25) is 0 Å². The van der Waals surface area contributed by atoms with E-state index in [0.29, 0.717) is 19.6 Å². The summed E-state index contributed by atoms with van der Waals surface area (Å²) in [7, 11) is 0. The minimum atomic E-state index is -0.198. The van der Waals surface area contributed by atoms with Crippen molar-refractivity contribution in [3.8, 4) is 6.07 Å². The van der Waals surface area contributed by atoms with Crippen molar-refractivity contribution in [2.24, 2.45) is 0 Å². The second kappa shape index (κ2) is 7.46. The van der Waals surface area contributed by atoms with Crippen molar-refractivity contribution in [2.75, 3.05) is 26.2 Å². The van der Waals surface area contributed by atoms with Gasteiger partial charge in [-0.2, -0.15) is 5.26 Å². The molecule has 0 atom stereocenters. The number of nitriles is 1. The highest BCUT2D eigenvalue weighted by atomic mass is 16.2. The van der Waals surface area contributed by atoms with Gasteiger partial charge in [-0.25, -0.2) is 0 Å². The van der Waals surface area contributed by atoms with E-state index < -0.39 is 0 Å². The molecule has 2 rings (SSSR count). The number of hydrogen-bond acceptors (Lipinski definition) is 4. The average Bonchev–Trinajstić information content (AvgIpc) is 2.53. The fourth-order valence-electron chi connectivity index (χ4n) is 2.25. The lowest BCUT2D eigenvalue weighted by molar-refractivity contribution is -0.127. The van der Waals surface area contributed by atoms with Crippen LogP contribution < -0.4 is 10.6 Å². The van der Waals surface area contributed by atoms with Crippen molar-refractivity contribution in [1.29, 1.82) is 5.26 Å². The molecule has 0 saturated carbocycles. The normalized spacial score (nSPS) is 15.4. The van der Waals surface area contributed by atoms with Crippen LogP contribution in [-0.2, 0) is 11.3 Å². The Morgan fingerprint density at radius 2 is 2.14 bits per heavy atom. The van der Waals surface area contributed by atoms with Gasteiger partial charge >= 0.3 is 0 Å². The zero-order valence-corrected chi connectivity index (χ0v) is 12.2. The first-order valence-electron chi connectivity index (χ1n) is 7.10. The molecule has 0 aromatic heterocycles. The zero-order chi connectivity index (χ0) is 15.1. The summed E-state index contributed by atoms with van der Waals surface area (Å²) in [6.07, 6.45) is 1.52. The highest BCUT2D eigenvalue weighted by Crippen LogP contribution is 2.07. The summed E-state index contributed by atoms with van der Waals surface area (Å²) in [5.41, 5.74) is 2.50. The number of hydrogen-bond donors (Lipinski definition) is 2. The molecule has 2 N–H and O–H groups in total. The Morgan fingerprint density at radius 3 is 2.81 bits per heavy atom. The van der Waals surface area contributed by atoms with Gasteiger partial charge in [0.15, 0.2) is 0 Å². The van der Waals surface area contributed by atoms with Gasteiger partial charge in [0.1, 0.15) is 11.6 Å². The highest BCUT2D eigenvalue weighted by molar-refractivity contribution is 5.97. The molecule has 0 spiro atoms. The fourth-order valence-corrected chi connectivity index (χ4v) is 2.25. The number of rotatable bonds is 4. The van der Waals surface area contributed by atoms with E-state index in [1.807, 2.05) is 37.3 Å². The lowest BCUT2D eigenvalue weighted by Crippen LogP contribution is -2.46. The summed E-state index contributed by atoms with van der Waals surface area (Å²) in [5.74, 6) is -0.198. The monoisotopic (exact) mass is 284 g/mol. The third-order valence-corrected chi connectivity index (χ3v) is 3.56. The third kappa shape index (κ3) is 4.07. The van der Waals surface area contributed by atoms with E-state index in [-0.39, 0.29) is 11.5 Å². The standard InChI is InChI=1S/C16H20N4O/c1-13-4-2-3-5-14(13)11-19-12-15(10-17)16(21)20-8-6-18-7-9-20/h2-5,12,18-19H,6-9,11H2,1H3/b15-12-. The maximum Gasteiger partial charge on any atom is 0.266 e. The molecule has 1 amide bonds. The largest absolute Gasteiger partial charge is 0.386 e. The molecule has 21 heavy (non-hydrogen) atoms. The Morgan fingerprint density at radius 1 is 1.43 bits per heavy atom. The highest BCUT2D eigenvalue weighted by Gasteiger charge is 2.19. The van der Waals surface area contributed by atoms with Gasteiger partial charge in [-0.15, -0.1) is 0 Å². The minimum absolute atomic E-state index is 0.158. The molecule has 5 nitrogen and oxygen atoms in total.